The molecule has 2 aromatic carbocycles. The fourth-order valence-corrected chi connectivity index (χ4v) is 4.24. The molecule has 1 aromatic heterocycles. The number of benzene rings is 2. The minimum atomic E-state index is -0.187. The number of carbonyl (C=O) groups excluding carboxylic acids is 1. The van der Waals surface area contributed by atoms with E-state index in [4.69, 9.17) is 0 Å². The fourth-order valence-electron chi connectivity index (χ4n) is 4.24. The summed E-state index contributed by atoms with van der Waals surface area (Å²) in [7, 11) is 1.87. The van der Waals surface area contributed by atoms with Crippen LogP contribution >= 0.6 is 0 Å². The molecule has 1 fully saturated rings. The number of amides is 1. The third-order valence-corrected chi connectivity index (χ3v) is 5.98. The third kappa shape index (κ3) is 3.97. The lowest BCUT2D eigenvalue weighted by Gasteiger charge is -2.33. The molecule has 0 radical (unpaired) electrons. The Labute approximate surface area is 177 Å². The number of anilines is 1. The second kappa shape index (κ2) is 8.34. The first kappa shape index (κ1) is 20.2. The number of piperidine rings is 1. The molecule has 1 aliphatic rings. The molecule has 1 amide bonds. The Hall–Kier alpha value is -3.08. The summed E-state index contributed by atoms with van der Waals surface area (Å²) < 4.78 is 1.86. The Balaban J connectivity index is 1.52. The largest absolute Gasteiger partial charge is 0.381 e. The maximum atomic E-state index is 13.2. The van der Waals surface area contributed by atoms with Crippen LogP contribution in [0.3, 0.4) is 0 Å². The van der Waals surface area contributed by atoms with Crippen molar-refractivity contribution >= 4 is 22.5 Å². The molecule has 30 heavy (non-hydrogen) atoms. The van der Waals surface area contributed by atoms with E-state index in [-0.39, 0.29) is 22.9 Å². The smallest absolute Gasteiger partial charge is 0.259 e. The van der Waals surface area contributed by atoms with E-state index >= 15 is 0 Å². The molecule has 2 heterocycles. The van der Waals surface area contributed by atoms with Gasteiger partial charge < -0.3 is 14.8 Å². The van der Waals surface area contributed by atoms with Gasteiger partial charge in [0.15, 0.2) is 0 Å². The van der Waals surface area contributed by atoms with Gasteiger partial charge in [0.1, 0.15) is 5.56 Å². The Morgan fingerprint density at radius 2 is 1.83 bits per heavy atom. The number of pyridine rings is 1. The van der Waals surface area contributed by atoms with Gasteiger partial charge in [-0.25, -0.2) is 0 Å². The number of hydrogen-bond acceptors (Lipinski definition) is 3. The lowest BCUT2D eigenvalue weighted by Crippen LogP contribution is -2.46. The van der Waals surface area contributed by atoms with E-state index in [2.05, 4.69) is 43.4 Å². The van der Waals surface area contributed by atoms with Crippen LogP contribution in [0.15, 0.2) is 59.5 Å². The maximum absolute atomic E-state index is 13.2. The summed E-state index contributed by atoms with van der Waals surface area (Å²) in [5.74, 6) is 0.328. The quantitative estimate of drug-likeness (QED) is 0.703. The molecule has 0 bridgehead atoms. The van der Waals surface area contributed by atoms with Gasteiger partial charge in [-0.2, -0.15) is 0 Å². The number of para-hydroxylation sites is 1. The lowest BCUT2D eigenvalue weighted by atomic mass is 10.0. The van der Waals surface area contributed by atoms with Crippen molar-refractivity contribution in [3.8, 4) is 0 Å². The van der Waals surface area contributed by atoms with Gasteiger partial charge in [0.05, 0.1) is 5.52 Å². The predicted molar refractivity (Wildman–Crippen MR) is 122 cm³/mol. The topological polar surface area (TPSA) is 54.3 Å². The van der Waals surface area contributed by atoms with Gasteiger partial charge >= 0.3 is 0 Å². The Kier molecular flexibility index (Phi) is 5.62. The van der Waals surface area contributed by atoms with Gasteiger partial charge in [-0.15, -0.1) is 0 Å². The molecule has 4 rings (SSSR count). The van der Waals surface area contributed by atoms with E-state index < -0.39 is 0 Å². The normalized spacial score (nSPS) is 16.8. The van der Waals surface area contributed by atoms with Crippen molar-refractivity contribution < 1.29 is 4.79 Å². The van der Waals surface area contributed by atoms with Gasteiger partial charge in [0.25, 0.3) is 5.91 Å². The van der Waals surface area contributed by atoms with E-state index in [0.29, 0.717) is 24.4 Å². The van der Waals surface area contributed by atoms with Crippen LogP contribution in [-0.2, 0) is 7.05 Å². The summed E-state index contributed by atoms with van der Waals surface area (Å²) in [5.41, 5.74) is 3.28. The number of rotatable bonds is 4. The first-order valence-corrected chi connectivity index (χ1v) is 10.7. The number of aryl methyl sites for hydroxylation is 1. The van der Waals surface area contributed by atoms with Crippen LogP contribution in [0.25, 0.3) is 10.9 Å². The van der Waals surface area contributed by atoms with E-state index in [1.165, 1.54) is 5.56 Å². The number of nitrogens with one attached hydrogen (secondary N) is 1. The van der Waals surface area contributed by atoms with Gasteiger partial charge in [-0.05, 0) is 48.6 Å². The van der Waals surface area contributed by atoms with E-state index in [9.17, 15) is 9.59 Å². The molecule has 0 saturated carbocycles. The van der Waals surface area contributed by atoms with Crippen molar-refractivity contribution in [2.24, 2.45) is 7.05 Å². The summed E-state index contributed by atoms with van der Waals surface area (Å²) in [5, 5.41) is 4.15. The fraction of sp³-hybridized carbons (Fsp3) is 0.360. The maximum Gasteiger partial charge on any atom is 0.259 e. The number of likely N-dealkylation sites (tertiary alicyclic amines) is 1. The zero-order valence-corrected chi connectivity index (χ0v) is 17.9. The van der Waals surface area contributed by atoms with Gasteiger partial charge in [-0.1, -0.05) is 38.1 Å². The standard InChI is InChI=1S/C25H29N3O2/c1-17(2)18-10-12-19(13-11-18)26-20-7-6-14-28(15-20)25(30)22-16-27(3)23-9-5-4-8-21(23)24(22)29/h4-5,8-13,16-17,20,26H,6-7,14-15H2,1-3H3/t20-/m0/s1. The average molecular weight is 404 g/mol. The van der Waals surface area contributed by atoms with Gasteiger partial charge in [-0.3, -0.25) is 9.59 Å². The molecule has 156 valence electrons. The summed E-state index contributed by atoms with van der Waals surface area (Å²) in [4.78, 5) is 28.0. The summed E-state index contributed by atoms with van der Waals surface area (Å²) >= 11 is 0. The molecular weight excluding hydrogens is 374 g/mol. The van der Waals surface area contributed by atoms with Crippen molar-refractivity contribution in [2.45, 2.75) is 38.6 Å². The number of carbonyl (C=O) groups is 1. The van der Waals surface area contributed by atoms with Gasteiger partial charge in [0, 0.05) is 43.4 Å². The molecule has 0 unspecified atom stereocenters. The highest BCUT2D eigenvalue weighted by Gasteiger charge is 2.26. The molecule has 1 aliphatic heterocycles. The highest BCUT2D eigenvalue weighted by molar-refractivity contribution is 5.97. The second-order valence-corrected chi connectivity index (χ2v) is 8.51. The molecule has 1 atom stereocenters. The van der Waals surface area contributed by atoms with Crippen LogP contribution in [0.5, 0.6) is 0 Å². The predicted octanol–water partition coefficient (Wildman–Crippen LogP) is 4.38. The Morgan fingerprint density at radius 1 is 1.10 bits per heavy atom. The minimum absolute atomic E-state index is 0.178. The summed E-state index contributed by atoms with van der Waals surface area (Å²) in [6, 6.07) is 16.1. The van der Waals surface area contributed by atoms with Crippen molar-refractivity contribution in [1.29, 1.82) is 0 Å². The molecule has 1 N–H and O–H groups in total. The highest BCUT2D eigenvalue weighted by atomic mass is 16.2. The van der Waals surface area contributed by atoms with Crippen LogP contribution in [0, 0.1) is 0 Å². The number of hydrogen-bond donors (Lipinski definition) is 1. The average Bonchev–Trinajstić information content (AvgIpc) is 2.76. The molecule has 1 saturated heterocycles. The monoisotopic (exact) mass is 403 g/mol. The zero-order chi connectivity index (χ0) is 21.3. The highest BCUT2D eigenvalue weighted by Crippen LogP contribution is 2.21. The van der Waals surface area contributed by atoms with Crippen LogP contribution in [-0.4, -0.2) is 34.5 Å². The molecule has 5 heteroatoms. The van der Waals surface area contributed by atoms with Crippen molar-refractivity contribution in [2.75, 3.05) is 18.4 Å². The number of aromatic nitrogens is 1. The molecular formula is C25H29N3O2. The van der Waals surface area contributed by atoms with Crippen LogP contribution in [0.2, 0.25) is 0 Å². The SMILES string of the molecule is CC(C)c1ccc(N[C@H]2CCCN(C(=O)c3cn(C)c4ccccc4c3=O)C2)cc1. The van der Waals surface area contributed by atoms with Crippen LogP contribution < -0.4 is 10.7 Å². The third-order valence-electron chi connectivity index (χ3n) is 5.98. The summed E-state index contributed by atoms with van der Waals surface area (Å²) in [6.07, 6.45) is 3.60. The minimum Gasteiger partial charge on any atom is -0.381 e. The first-order valence-electron chi connectivity index (χ1n) is 10.7. The van der Waals surface area contributed by atoms with E-state index in [0.717, 1.165) is 24.0 Å². The number of fused-ring (bicyclic) bond motifs is 1. The molecule has 0 spiro atoms. The molecule has 0 aliphatic carbocycles. The summed E-state index contributed by atoms with van der Waals surface area (Å²) in [6.45, 7) is 5.65. The van der Waals surface area contributed by atoms with Crippen LogP contribution in [0.4, 0.5) is 5.69 Å². The molecule has 3 aromatic rings. The second-order valence-electron chi connectivity index (χ2n) is 8.51. The van der Waals surface area contributed by atoms with Crippen molar-refractivity contribution in [1.82, 2.24) is 9.47 Å². The van der Waals surface area contributed by atoms with Crippen LogP contribution in [0.1, 0.15) is 48.5 Å². The van der Waals surface area contributed by atoms with E-state index in [1.807, 2.05) is 34.7 Å². The van der Waals surface area contributed by atoms with Crippen molar-refractivity contribution in [3.63, 3.8) is 0 Å². The molecule has 5 nitrogen and oxygen atoms in total. The number of nitrogens with zero attached hydrogens (tertiary/aromatic N) is 2. The Bertz CT molecular complexity index is 1120. The van der Waals surface area contributed by atoms with E-state index in [1.54, 1.807) is 12.3 Å². The lowest BCUT2D eigenvalue weighted by molar-refractivity contribution is 0.0713. The Morgan fingerprint density at radius 3 is 2.57 bits per heavy atom. The zero-order valence-electron chi connectivity index (χ0n) is 17.9. The van der Waals surface area contributed by atoms with Crippen molar-refractivity contribution in [3.05, 3.63) is 76.1 Å². The van der Waals surface area contributed by atoms with Gasteiger partial charge in [0.2, 0.25) is 5.43 Å². The first-order chi connectivity index (χ1) is 14.4.